The van der Waals surface area contributed by atoms with Gasteiger partial charge in [0.25, 0.3) is 0 Å². The highest BCUT2D eigenvalue weighted by atomic mass is 16.4. The highest BCUT2D eigenvalue weighted by Gasteiger charge is 2.49. The smallest absolute Gasteiger partial charge is 0.309 e. The first kappa shape index (κ1) is 22.8. The van der Waals surface area contributed by atoms with Crippen LogP contribution in [0.2, 0.25) is 0 Å². The standard InChI is InChI=1S/C26H38O4/c1-20-10-9-12-21(11-5-4-8-15-26(18-19-26)24(29)30)22(20)13-6-2-3-7-14-25(16-17-25)23(27)28/h9-10,12H,2-8,11,13-19H2,1H3,(H,27,28)(H,29,30). The quantitative estimate of drug-likeness (QED) is 0.329. The Bertz CT molecular complexity index is 743. The van der Waals surface area contributed by atoms with Crippen molar-refractivity contribution >= 4 is 11.9 Å². The number of aliphatic carboxylic acids is 2. The van der Waals surface area contributed by atoms with Crippen LogP contribution < -0.4 is 0 Å². The van der Waals surface area contributed by atoms with E-state index in [0.29, 0.717) is 0 Å². The lowest BCUT2D eigenvalue weighted by Crippen LogP contribution is -2.14. The fourth-order valence-electron chi connectivity index (χ4n) is 4.87. The summed E-state index contributed by atoms with van der Waals surface area (Å²) in [6.45, 7) is 2.20. The molecule has 0 heterocycles. The lowest BCUT2D eigenvalue weighted by Gasteiger charge is -2.14. The van der Waals surface area contributed by atoms with E-state index in [9.17, 15) is 19.8 Å². The molecular formula is C26H38O4. The van der Waals surface area contributed by atoms with Gasteiger partial charge in [-0.25, -0.2) is 0 Å². The first-order chi connectivity index (χ1) is 14.4. The Morgan fingerprint density at radius 3 is 1.80 bits per heavy atom. The molecule has 1 aromatic carbocycles. The molecule has 2 saturated carbocycles. The van der Waals surface area contributed by atoms with Crippen LogP contribution in [-0.4, -0.2) is 22.2 Å². The summed E-state index contributed by atoms with van der Waals surface area (Å²) in [6.07, 6.45) is 15.1. The van der Waals surface area contributed by atoms with E-state index in [1.165, 1.54) is 29.5 Å². The Kier molecular flexibility index (Phi) is 7.60. The fraction of sp³-hybridized carbons (Fsp3) is 0.692. The van der Waals surface area contributed by atoms with Gasteiger partial charge in [-0.3, -0.25) is 9.59 Å². The van der Waals surface area contributed by atoms with E-state index in [1.807, 2.05) is 0 Å². The summed E-state index contributed by atoms with van der Waals surface area (Å²) < 4.78 is 0. The molecule has 0 bridgehead atoms. The van der Waals surface area contributed by atoms with Gasteiger partial charge >= 0.3 is 11.9 Å². The van der Waals surface area contributed by atoms with Gasteiger partial charge in [0.15, 0.2) is 0 Å². The molecule has 4 nitrogen and oxygen atoms in total. The van der Waals surface area contributed by atoms with Crippen molar-refractivity contribution in [2.45, 2.75) is 103 Å². The minimum Gasteiger partial charge on any atom is -0.481 e. The first-order valence-electron chi connectivity index (χ1n) is 11.9. The molecule has 0 unspecified atom stereocenters. The van der Waals surface area contributed by atoms with Crippen molar-refractivity contribution in [2.24, 2.45) is 10.8 Å². The van der Waals surface area contributed by atoms with Gasteiger partial charge in [0.1, 0.15) is 0 Å². The third-order valence-corrected chi connectivity index (χ3v) is 7.56. The zero-order valence-corrected chi connectivity index (χ0v) is 18.5. The molecule has 1 aromatic rings. The van der Waals surface area contributed by atoms with E-state index in [1.54, 1.807) is 0 Å². The first-order valence-corrected chi connectivity index (χ1v) is 11.9. The number of carboxylic acid groups (broad SMARTS) is 2. The average Bonchev–Trinajstić information content (AvgIpc) is 3.61. The molecule has 2 aliphatic rings. The van der Waals surface area contributed by atoms with Gasteiger partial charge in [0, 0.05) is 0 Å². The summed E-state index contributed by atoms with van der Waals surface area (Å²) in [6, 6.07) is 6.61. The predicted octanol–water partition coefficient (Wildman–Crippen LogP) is 6.32. The highest BCUT2D eigenvalue weighted by molar-refractivity contribution is 5.78. The second-order valence-electron chi connectivity index (χ2n) is 9.86. The van der Waals surface area contributed by atoms with Crippen LogP contribution in [0.1, 0.15) is 100 Å². The Morgan fingerprint density at radius 2 is 1.27 bits per heavy atom. The van der Waals surface area contributed by atoms with Crippen LogP contribution in [0.25, 0.3) is 0 Å². The summed E-state index contributed by atoms with van der Waals surface area (Å²) in [7, 11) is 0. The molecule has 0 atom stereocenters. The van der Waals surface area contributed by atoms with Crippen molar-refractivity contribution < 1.29 is 19.8 Å². The van der Waals surface area contributed by atoms with E-state index in [-0.39, 0.29) is 10.8 Å². The number of benzene rings is 1. The van der Waals surface area contributed by atoms with Crippen LogP contribution in [0.3, 0.4) is 0 Å². The summed E-state index contributed by atoms with van der Waals surface area (Å²) in [5.41, 5.74) is 3.58. The molecule has 2 N–H and O–H groups in total. The SMILES string of the molecule is Cc1cccc(CCCCCC2(C(=O)O)CC2)c1CCCCCCC1(C(=O)O)CC1. The normalized spacial score (nSPS) is 18.2. The maximum atomic E-state index is 11.3. The van der Waals surface area contributed by atoms with E-state index >= 15 is 0 Å². The topological polar surface area (TPSA) is 74.6 Å². The van der Waals surface area contributed by atoms with Crippen molar-refractivity contribution in [1.82, 2.24) is 0 Å². The summed E-state index contributed by atoms with van der Waals surface area (Å²) in [4.78, 5) is 22.5. The highest BCUT2D eigenvalue weighted by Crippen LogP contribution is 2.50. The number of hydrogen-bond donors (Lipinski definition) is 2. The lowest BCUT2D eigenvalue weighted by molar-refractivity contribution is -0.144. The molecule has 4 heteroatoms. The molecule has 0 amide bonds. The molecule has 2 fully saturated rings. The predicted molar refractivity (Wildman–Crippen MR) is 119 cm³/mol. The molecule has 166 valence electrons. The van der Waals surface area contributed by atoms with Crippen LogP contribution >= 0.6 is 0 Å². The van der Waals surface area contributed by atoms with E-state index < -0.39 is 11.9 Å². The molecular weight excluding hydrogens is 376 g/mol. The van der Waals surface area contributed by atoms with Gasteiger partial charge in [-0.05, 0) is 87.8 Å². The number of unbranched alkanes of at least 4 members (excludes halogenated alkanes) is 5. The Labute approximate surface area is 181 Å². The summed E-state index contributed by atoms with van der Waals surface area (Å²) >= 11 is 0. The zero-order valence-electron chi connectivity index (χ0n) is 18.5. The van der Waals surface area contributed by atoms with Crippen molar-refractivity contribution in [3.8, 4) is 0 Å². The maximum absolute atomic E-state index is 11.3. The number of hydrogen-bond acceptors (Lipinski definition) is 2. The van der Waals surface area contributed by atoms with Gasteiger partial charge in [-0.15, -0.1) is 0 Å². The fourth-order valence-corrected chi connectivity index (χ4v) is 4.87. The van der Waals surface area contributed by atoms with Crippen molar-refractivity contribution in [3.63, 3.8) is 0 Å². The van der Waals surface area contributed by atoms with Crippen LogP contribution in [0.15, 0.2) is 18.2 Å². The number of rotatable bonds is 15. The monoisotopic (exact) mass is 414 g/mol. The van der Waals surface area contributed by atoms with Gasteiger partial charge < -0.3 is 10.2 Å². The molecule has 30 heavy (non-hydrogen) atoms. The minimum atomic E-state index is -0.598. The molecule has 2 aliphatic carbocycles. The Hall–Kier alpha value is -1.84. The van der Waals surface area contributed by atoms with Gasteiger partial charge in [0.05, 0.1) is 10.8 Å². The van der Waals surface area contributed by atoms with Crippen LogP contribution in [-0.2, 0) is 22.4 Å². The Morgan fingerprint density at radius 1 is 0.767 bits per heavy atom. The number of carboxylic acids is 2. The van der Waals surface area contributed by atoms with Crippen molar-refractivity contribution in [3.05, 3.63) is 34.9 Å². The molecule has 0 radical (unpaired) electrons. The summed E-state index contributed by atoms with van der Waals surface area (Å²) in [5, 5.41) is 18.5. The van der Waals surface area contributed by atoms with Crippen molar-refractivity contribution in [2.75, 3.05) is 0 Å². The third kappa shape index (κ3) is 5.86. The maximum Gasteiger partial charge on any atom is 0.309 e. The van der Waals surface area contributed by atoms with E-state index in [4.69, 9.17) is 0 Å². The van der Waals surface area contributed by atoms with Gasteiger partial charge in [-0.1, -0.05) is 50.3 Å². The van der Waals surface area contributed by atoms with Crippen LogP contribution in [0, 0.1) is 17.8 Å². The van der Waals surface area contributed by atoms with Gasteiger partial charge in [-0.2, -0.15) is 0 Å². The lowest BCUT2D eigenvalue weighted by atomic mass is 9.92. The van der Waals surface area contributed by atoms with E-state index in [2.05, 4.69) is 25.1 Å². The second-order valence-corrected chi connectivity index (χ2v) is 9.86. The molecule has 0 saturated heterocycles. The number of aryl methyl sites for hydroxylation is 2. The number of carbonyl (C=O) groups is 2. The second kappa shape index (κ2) is 9.98. The molecule has 0 aliphatic heterocycles. The molecule has 0 spiro atoms. The van der Waals surface area contributed by atoms with E-state index in [0.717, 1.165) is 83.5 Å². The third-order valence-electron chi connectivity index (χ3n) is 7.56. The van der Waals surface area contributed by atoms with Gasteiger partial charge in [0.2, 0.25) is 0 Å². The van der Waals surface area contributed by atoms with Crippen LogP contribution in [0.5, 0.6) is 0 Å². The summed E-state index contributed by atoms with van der Waals surface area (Å²) in [5.74, 6) is -1.19. The van der Waals surface area contributed by atoms with Crippen LogP contribution in [0.4, 0.5) is 0 Å². The van der Waals surface area contributed by atoms with Crippen molar-refractivity contribution in [1.29, 1.82) is 0 Å². The minimum absolute atomic E-state index is 0.368. The molecule has 3 rings (SSSR count). The molecule has 0 aromatic heterocycles. The Balaban J connectivity index is 1.34. The average molecular weight is 415 g/mol. The largest absolute Gasteiger partial charge is 0.481 e. The zero-order chi connectivity index (χ0) is 21.6.